The number of pyridine rings is 1. The molecule has 0 bridgehead atoms. The van der Waals surface area contributed by atoms with Gasteiger partial charge >= 0.3 is 5.69 Å². The molecule has 0 aliphatic heterocycles. The lowest BCUT2D eigenvalue weighted by Crippen LogP contribution is -2.19. The Morgan fingerprint density at radius 1 is 0.408 bits per heavy atom. The normalized spacial score (nSPS) is 11.8. The molecule has 0 unspecified atom stereocenters. The van der Waals surface area contributed by atoms with Gasteiger partial charge in [-0.25, -0.2) is 14.2 Å². The quantitative estimate of drug-likeness (QED) is 0.195. The maximum Gasteiger partial charge on any atom is 0.355 e. The third-order valence-corrected chi connectivity index (χ3v) is 9.52. The van der Waals surface area contributed by atoms with Crippen LogP contribution < -0.4 is 5.69 Å². The van der Waals surface area contributed by atoms with Gasteiger partial charge in [-0.3, -0.25) is 0 Å². The van der Waals surface area contributed by atoms with Gasteiger partial charge in [0.25, 0.3) is 0 Å². The fraction of sp³-hybridized carbons (Fsp3) is 0. The molecule has 4 aromatic heterocycles. The van der Waals surface area contributed by atoms with Crippen LogP contribution in [0, 0.1) is 0 Å². The van der Waals surface area contributed by atoms with E-state index >= 15 is 0 Å². The Balaban J connectivity index is 1.13. The Morgan fingerprint density at radius 3 is 1.57 bits per heavy atom. The summed E-state index contributed by atoms with van der Waals surface area (Å²) in [6.07, 6.45) is 1.84. The van der Waals surface area contributed by atoms with E-state index in [1.54, 1.807) is 0 Å². The van der Waals surface area contributed by atoms with Crippen molar-refractivity contribution in [2.45, 2.75) is 0 Å². The molecule has 0 saturated heterocycles. The topological polar surface area (TPSA) is 57.1 Å². The van der Waals surface area contributed by atoms with Gasteiger partial charge in [0.05, 0.1) is 27.8 Å². The van der Waals surface area contributed by atoms with E-state index < -0.39 is 0 Å². The lowest BCUT2D eigenvalue weighted by molar-refractivity contribution is 0.937. The lowest BCUT2D eigenvalue weighted by Gasteiger charge is -2.11. The number of hydrogen-bond donors (Lipinski definition) is 0. The van der Waals surface area contributed by atoms with Gasteiger partial charge in [0.2, 0.25) is 0 Å². The zero-order valence-electron chi connectivity index (χ0n) is 26.2. The van der Waals surface area contributed by atoms with Crippen LogP contribution >= 0.6 is 0 Å². The molecule has 230 valence electrons. The summed E-state index contributed by atoms with van der Waals surface area (Å²) in [6, 6.07) is 54.5. The highest BCUT2D eigenvalue weighted by Crippen LogP contribution is 2.38. The van der Waals surface area contributed by atoms with Crippen LogP contribution in [-0.2, 0) is 0 Å². The van der Waals surface area contributed by atoms with E-state index in [-0.39, 0.29) is 5.69 Å². The van der Waals surface area contributed by atoms with Gasteiger partial charge in [-0.1, -0.05) is 97.1 Å². The Labute approximate surface area is 280 Å². The predicted molar refractivity (Wildman–Crippen MR) is 199 cm³/mol. The fourth-order valence-corrected chi connectivity index (χ4v) is 7.29. The SMILES string of the molecule is O=c1nc(-c2ccccc2)nc2ccc(-n3c4ccccc4c4cc(-c5ccc6c(c5)c5ccccc5n6-c5ccccc5)ccc43)cn12. The first-order valence-electron chi connectivity index (χ1n) is 16.3. The van der Waals surface area contributed by atoms with E-state index in [2.05, 4.69) is 129 Å². The zero-order chi connectivity index (χ0) is 32.5. The molecule has 0 aliphatic carbocycles. The molecule has 0 atom stereocenters. The van der Waals surface area contributed by atoms with Crippen molar-refractivity contribution < 1.29 is 0 Å². The van der Waals surface area contributed by atoms with Gasteiger partial charge in [0, 0.05) is 39.0 Å². The van der Waals surface area contributed by atoms with Crippen LogP contribution in [0.2, 0.25) is 0 Å². The Morgan fingerprint density at radius 2 is 0.939 bits per heavy atom. The Hall–Kier alpha value is -6.79. The number of para-hydroxylation sites is 3. The average Bonchev–Trinajstić information content (AvgIpc) is 3.67. The maximum atomic E-state index is 13.3. The Kier molecular flexibility index (Phi) is 5.92. The van der Waals surface area contributed by atoms with Crippen molar-refractivity contribution in [1.29, 1.82) is 0 Å². The number of benzene rings is 6. The molecule has 6 aromatic carbocycles. The number of nitrogens with zero attached hydrogens (tertiary/aromatic N) is 5. The number of aromatic nitrogens is 5. The van der Waals surface area contributed by atoms with E-state index in [1.165, 1.54) is 26.2 Å². The van der Waals surface area contributed by atoms with Crippen LogP contribution in [-0.4, -0.2) is 23.5 Å². The summed E-state index contributed by atoms with van der Waals surface area (Å²) < 4.78 is 6.08. The van der Waals surface area contributed by atoms with Crippen molar-refractivity contribution in [2.24, 2.45) is 0 Å². The summed E-state index contributed by atoms with van der Waals surface area (Å²) in [5.41, 5.74) is 9.80. The van der Waals surface area contributed by atoms with Crippen LogP contribution in [0.3, 0.4) is 0 Å². The number of fused-ring (bicyclic) bond motifs is 7. The summed E-state index contributed by atoms with van der Waals surface area (Å²) in [4.78, 5) is 22.3. The van der Waals surface area contributed by atoms with Gasteiger partial charge < -0.3 is 9.13 Å². The zero-order valence-corrected chi connectivity index (χ0v) is 26.2. The highest BCUT2D eigenvalue weighted by atomic mass is 16.1. The maximum absolute atomic E-state index is 13.3. The second-order valence-corrected chi connectivity index (χ2v) is 12.3. The van der Waals surface area contributed by atoms with Gasteiger partial charge in [-0.2, -0.15) is 4.98 Å². The van der Waals surface area contributed by atoms with Crippen LogP contribution in [0.25, 0.3) is 83.1 Å². The Bertz CT molecular complexity index is 2960. The molecular weight excluding hydrogens is 603 g/mol. The van der Waals surface area contributed by atoms with Crippen molar-refractivity contribution in [3.05, 3.63) is 174 Å². The third kappa shape index (κ3) is 4.24. The molecule has 0 fully saturated rings. The minimum Gasteiger partial charge on any atom is -0.309 e. The van der Waals surface area contributed by atoms with E-state index in [0.717, 1.165) is 49.9 Å². The van der Waals surface area contributed by atoms with Crippen molar-refractivity contribution in [3.8, 4) is 33.9 Å². The van der Waals surface area contributed by atoms with Gasteiger partial charge in [-0.05, 0) is 71.8 Å². The number of hydrogen-bond acceptors (Lipinski definition) is 3. The summed E-state index contributed by atoms with van der Waals surface area (Å²) >= 11 is 0. The summed E-state index contributed by atoms with van der Waals surface area (Å²) in [5.74, 6) is 0.422. The second-order valence-electron chi connectivity index (χ2n) is 12.3. The van der Waals surface area contributed by atoms with E-state index in [0.29, 0.717) is 11.5 Å². The number of rotatable bonds is 4. The molecule has 0 amide bonds. The molecule has 0 radical (unpaired) electrons. The summed E-state index contributed by atoms with van der Waals surface area (Å²) in [6.45, 7) is 0. The van der Waals surface area contributed by atoms with Gasteiger partial charge in [0.15, 0.2) is 5.82 Å². The van der Waals surface area contributed by atoms with E-state index in [9.17, 15) is 4.79 Å². The van der Waals surface area contributed by atoms with Crippen LogP contribution in [0.1, 0.15) is 0 Å². The first kappa shape index (κ1) is 27.3. The minimum atomic E-state index is -0.363. The second kappa shape index (κ2) is 10.6. The first-order valence-corrected chi connectivity index (χ1v) is 16.3. The molecule has 6 nitrogen and oxygen atoms in total. The van der Waals surface area contributed by atoms with Crippen molar-refractivity contribution in [3.63, 3.8) is 0 Å². The highest BCUT2D eigenvalue weighted by Gasteiger charge is 2.17. The molecule has 10 rings (SSSR count). The van der Waals surface area contributed by atoms with Crippen molar-refractivity contribution in [2.75, 3.05) is 0 Å². The summed E-state index contributed by atoms with van der Waals surface area (Å²) in [7, 11) is 0. The molecule has 6 heteroatoms. The molecule has 0 N–H and O–H groups in total. The molecule has 0 saturated carbocycles. The van der Waals surface area contributed by atoms with E-state index in [1.807, 2.05) is 48.7 Å². The predicted octanol–water partition coefficient (Wildman–Crippen LogP) is 9.62. The highest BCUT2D eigenvalue weighted by molar-refractivity contribution is 6.12. The lowest BCUT2D eigenvalue weighted by atomic mass is 10.0. The minimum absolute atomic E-state index is 0.363. The smallest absolute Gasteiger partial charge is 0.309 e. The van der Waals surface area contributed by atoms with Crippen LogP contribution in [0.4, 0.5) is 0 Å². The molecular formula is C43H27N5O. The first-order chi connectivity index (χ1) is 24.2. The van der Waals surface area contributed by atoms with Crippen LogP contribution in [0.15, 0.2) is 169 Å². The average molecular weight is 630 g/mol. The third-order valence-electron chi connectivity index (χ3n) is 9.52. The largest absolute Gasteiger partial charge is 0.355 e. The van der Waals surface area contributed by atoms with E-state index in [4.69, 9.17) is 4.98 Å². The molecule has 10 aromatic rings. The molecule has 0 aliphatic rings. The van der Waals surface area contributed by atoms with Gasteiger partial charge in [0.1, 0.15) is 5.65 Å². The summed E-state index contributed by atoms with van der Waals surface area (Å²) in [5, 5.41) is 4.73. The monoisotopic (exact) mass is 629 g/mol. The fourth-order valence-electron chi connectivity index (χ4n) is 7.29. The van der Waals surface area contributed by atoms with Crippen molar-refractivity contribution >= 4 is 49.3 Å². The molecule has 49 heavy (non-hydrogen) atoms. The van der Waals surface area contributed by atoms with Gasteiger partial charge in [-0.15, -0.1) is 0 Å². The standard InChI is InChI=1S/C43H27N5O/c49-43-45-42(28-11-3-1-4-12-28)44-41-24-21-32(27-46(41)43)48-38-18-10-8-16-34(38)36-26-30(20-23-40(36)48)29-19-22-39-35(25-29)33-15-7-9-17-37(33)47(39)31-13-5-2-6-14-31/h1-27H. The van der Waals surface area contributed by atoms with Crippen LogP contribution in [0.5, 0.6) is 0 Å². The van der Waals surface area contributed by atoms with Crippen molar-refractivity contribution in [1.82, 2.24) is 23.5 Å². The molecule has 4 heterocycles. The molecule has 0 spiro atoms.